The van der Waals surface area contributed by atoms with Crippen LogP contribution >= 0.6 is 11.8 Å². The molecule has 3 nitrogen and oxygen atoms in total. The number of hydrogen-bond donors (Lipinski definition) is 1. The Labute approximate surface area is 119 Å². The molecule has 0 aliphatic carbocycles. The van der Waals surface area contributed by atoms with Gasteiger partial charge in [0, 0.05) is 17.0 Å². The Morgan fingerprint density at radius 3 is 2.89 bits per heavy atom. The molecule has 4 heteroatoms. The normalized spacial score (nSPS) is 18.5. The first kappa shape index (κ1) is 14.3. The Morgan fingerprint density at radius 1 is 1.42 bits per heavy atom. The van der Waals surface area contributed by atoms with Crippen LogP contribution in [0.15, 0.2) is 29.3 Å². The topological polar surface area (TPSA) is 33.6 Å². The van der Waals surface area contributed by atoms with Gasteiger partial charge in [0.1, 0.15) is 5.75 Å². The minimum Gasteiger partial charge on any atom is -0.497 e. The van der Waals surface area contributed by atoms with E-state index in [-0.39, 0.29) is 0 Å². The standard InChI is InChI=1S/C15H22N2OS/c1-4-11(5-2)14-10-16-15(19-14)17-12-7-6-8-13(9-12)18-3/h6-9,11,14H,4-5,10H2,1-3H3,(H,16,17). The zero-order valence-corrected chi connectivity index (χ0v) is 12.7. The van der Waals surface area contributed by atoms with Crippen LogP contribution in [0.2, 0.25) is 0 Å². The second-order valence-corrected chi connectivity index (χ2v) is 5.96. The summed E-state index contributed by atoms with van der Waals surface area (Å²) in [6.07, 6.45) is 2.46. The van der Waals surface area contributed by atoms with Crippen LogP contribution in [0.5, 0.6) is 5.75 Å². The van der Waals surface area contributed by atoms with Crippen molar-refractivity contribution in [1.82, 2.24) is 0 Å². The van der Waals surface area contributed by atoms with Crippen molar-refractivity contribution in [2.45, 2.75) is 31.9 Å². The number of anilines is 1. The first-order valence-electron chi connectivity index (χ1n) is 6.89. The first-order valence-corrected chi connectivity index (χ1v) is 7.77. The number of benzene rings is 1. The third-order valence-electron chi connectivity index (χ3n) is 3.57. The molecule has 0 saturated heterocycles. The van der Waals surface area contributed by atoms with Gasteiger partial charge < -0.3 is 10.1 Å². The van der Waals surface area contributed by atoms with Crippen LogP contribution < -0.4 is 10.1 Å². The maximum atomic E-state index is 5.23. The summed E-state index contributed by atoms with van der Waals surface area (Å²) in [7, 11) is 1.68. The van der Waals surface area contributed by atoms with Gasteiger partial charge in [-0.1, -0.05) is 44.5 Å². The summed E-state index contributed by atoms with van der Waals surface area (Å²) >= 11 is 1.87. The van der Waals surface area contributed by atoms with Gasteiger partial charge in [-0.15, -0.1) is 0 Å². The third-order valence-corrected chi connectivity index (χ3v) is 4.86. The smallest absolute Gasteiger partial charge is 0.161 e. The number of hydrogen-bond acceptors (Lipinski definition) is 4. The van der Waals surface area contributed by atoms with Crippen LogP contribution in [-0.4, -0.2) is 24.1 Å². The van der Waals surface area contributed by atoms with Crippen LogP contribution in [0.1, 0.15) is 26.7 Å². The van der Waals surface area contributed by atoms with E-state index in [9.17, 15) is 0 Å². The zero-order chi connectivity index (χ0) is 13.7. The van der Waals surface area contributed by atoms with Gasteiger partial charge >= 0.3 is 0 Å². The fourth-order valence-electron chi connectivity index (χ4n) is 2.34. The van der Waals surface area contributed by atoms with E-state index in [4.69, 9.17) is 4.74 Å². The minimum atomic E-state index is 0.628. The molecule has 1 N–H and O–H groups in total. The maximum Gasteiger partial charge on any atom is 0.161 e. The Balaban J connectivity index is 1.94. The highest BCUT2D eigenvalue weighted by molar-refractivity contribution is 8.15. The lowest BCUT2D eigenvalue weighted by molar-refractivity contribution is 0.415. The zero-order valence-electron chi connectivity index (χ0n) is 11.8. The van der Waals surface area contributed by atoms with Gasteiger partial charge in [0.05, 0.1) is 13.7 Å². The molecule has 19 heavy (non-hydrogen) atoms. The molecule has 0 radical (unpaired) electrons. The van der Waals surface area contributed by atoms with E-state index in [0.717, 1.165) is 29.1 Å². The van der Waals surface area contributed by atoms with E-state index < -0.39 is 0 Å². The Kier molecular flexibility index (Phi) is 5.14. The minimum absolute atomic E-state index is 0.628. The quantitative estimate of drug-likeness (QED) is 0.883. The highest BCUT2D eigenvalue weighted by Gasteiger charge is 2.25. The van der Waals surface area contributed by atoms with E-state index in [2.05, 4.69) is 24.2 Å². The Morgan fingerprint density at radius 2 is 2.21 bits per heavy atom. The van der Waals surface area contributed by atoms with Gasteiger partial charge in [-0.05, 0) is 18.1 Å². The highest BCUT2D eigenvalue weighted by atomic mass is 32.2. The Bertz CT molecular complexity index is 444. The molecule has 0 fully saturated rings. The second-order valence-electron chi connectivity index (χ2n) is 4.74. The monoisotopic (exact) mass is 278 g/mol. The van der Waals surface area contributed by atoms with E-state index >= 15 is 0 Å². The molecule has 0 aromatic heterocycles. The molecule has 104 valence electrons. The van der Waals surface area contributed by atoms with Gasteiger partial charge in [-0.25, -0.2) is 0 Å². The molecule has 0 bridgehead atoms. The van der Waals surface area contributed by atoms with E-state index in [1.165, 1.54) is 12.8 Å². The molecular formula is C15H22N2OS. The van der Waals surface area contributed by atoms with Crippen molar-refractivity contribution in [3.05, 3.63) is 24.3 Å². The molecule has 1 aliphatic rings. The van der Waals surface area contributed by atoms with Gasteiger partial charge in [0.25, 0.3) is 0 Å². The number of ether oxygens (including phenoxy) is 1. The fraction of sp³-hybridized carbons (Fsp3) is 0.533. The Hall–Kier alpha value is -1.16. The molecule has 0 saturated carbocycles. The number of nitrogens with one attached hydrogen (secondary N) is 1. The predicted octanol–water partition coefficient (Wildman–Crippen LogP) is 4.01. The number of nitrogens with zero attached hydrogens (tertiary/aromatic N) is 1. The molecule has 2 rings (SSSR count). The molecule has 1 unspecified atom stereocenters. The van der Waals surface area contributed by atoms with E-state index in [0.29, 0.717) is 5.25 Å². The van der Waals surface area contributed by atoms with Gasteiger partial charge in [0.15, 0.2) is 5.17 Å². The van der Waals surface area contributed by atoms with Gasteiger partial charge in [-0.2, -0.15) is 0 Å². The van der Waals surface area contributed by atoms with Crippen molar-refractivity contribution in [2.75, 3.05) is 19.0 Å². The van der Waals surface area contributed by atoms with E-state index in [1.807, 2.05) is 36.0 Å². The molecular weight excluding hydrogens is 256 g/mol. The highest BCUT2D eigenvalue weighted by Crippen LogP contribution is 2.31. The summed E-state index contributed by atoms with van der Waals surface area (Å²) in [5.74, 6) is 1.63. The van der Waals surface area contributed by atoms with Crippen molar-refractivity contribution < 1.29 is 4.74 Å². The lowest BCUT2D eigenvalue weighted by Gasteiger charge is -2.18. The van der Waals surface area contributed by atoms with Crippen LogP contribution in [-0.2, 0) is 0 Å². The average Bonchev–Trinajstić information content (AvgIpc) is 2.89. The summed E-state index contributed by atoms with van der Waals surface area (Å²) < 4.78 is 5.23. The van der Waals surface area contributed by atoms with Gasteiger partial charge in [-0.3, -0.25) is 4.99 Å². The molecule has 0 spiro atoms. The van der Waals surface area contributed by atoms with Crippen molar-refractivity contribution >= 4 is 22.6 Å². The average molecular weight is 278 g/mol. The van der Waals surface area contributed by atoms with Crippen molar-refractivity contribution in [3.8, 4) is 5.75 Å². The first-order chi connectivity index (χ1) is 9.26. The largest absolute Gasteiger partial charge is 0.497 e. The van der Waals surface area contributed by atoms with Crippen LogP contribution in [0.25, 0.3) is 0 Å². The van der Waals surface area contributed by atoms with Crippen LogP contribution in [0.3, 0.4) is 0 Å². The molecule has 1 heterocycles. The molecule has 0 amide bonds. The molecule has 1 aromatic rings. The number of aliphatic imine (C=N–C) groups is 1. The lowest BCUT2D eigenvalue weighted by Crippen LogP contribution is -2.17. The summed E-state index contributed by atoms with van der Waals surface area (Å²) in [5.41, 5.74) is 1.04. The third kappa shape index (κ3) is 3.66. The molecule has 1 aromatic carbocycles. The number of rotatable bonds is 5. The van der Waals surface area contributed by atoms with Crippen molar-refractivity contribution in [1.29, 1.82) is 0 Å². The number of amidine groups is 1. The second kappa shape index (κ2) is 6.85. The van der Waals surface area contributed by atoms with Crippen LogP contribution in [0.4, 0.5) is 5.69 Å². The molecule has 1 atom stereocenters. The van der Waals surface area contributed by atoms with Crippen LogP contribution in [0, 0.1) is 5.92 Å². The summed E-state index contributed by atoms with van der Waals surface area (Å²) in [5, 5.41) is 5.04. The summed E-state index contributed by atoms with van der Waals surface area (Å²) in [6, 6.07) is 7.96. The SMILES string of the molecule is CCC(CC)C1CN=C(Nc2cccc(OC)c2)S1. The number of thioether (sulfide) groups is 1. The fourth-order valence-corrected chi connectivity index (χ4v) is 3.68. The summed E-state index contributed by atoms with van der Waals surface area (Å²) in [6.45, 7) is 5.47. The van der Waals surface area contributed by atoms with E-state index in [1.54, 1.807) is 7.11 Å². The molecule has 1 aliphatic heterocycles. The van der Waals surface area contributed by atoms with Crippen molar-refractivity contribution in [2.24, 2.45) is 10.9 Å². The predicted molar refractivity (Wildman–Crippen MR) is 84.4 cm³/mol. The number of methoxy groups -OCH3 is 1. The maximum absolute atomic E-state index is 5.23. The van der Waals surface area contributed by atoms with Gasteiger partial charge in [0.2, 0.25) is 0 Å². The lowest BCUT2D eigenvalue weighted by atomic mass is 9.99. The van der Waals surface area contributed by atoms with Crippen molar-refractivity contribution in [3.63, 3.8) is 0 Å². The summed E-state index contributed by atoms with van der Waals surface area (Å²) in [4.78, 5) is 4.61.